The lowest BCUT2D eigenvalue weighted by Crippen LogP contribution is -2.52. The quantitative estimate of drug-likeness (QED) is 0.850. The highest BCUT2D eigenvalue weighted by molar-refractivity contribution is 5.83. The van der Waals surface area contributed by atoms with E-state index in [2.05, 4.69) is 0 Å². The molecule has 2 aliphatic rings. The van der Waals surface area contributed by atoms with E-state index in [9.17, 15) is 9.18 Å². The Labute approximate surface area is 140 Å². The first kappa shape index (κ1) is 15.0. The maximum atomic E-state index is 13.9. The molecular formula is C19H19FN2O2. The fourth-order valence-corrected chi connectivity index (χ4v) is 3.40. The number of anilines is 1. The van der Waals surface area contributed by atoms with E-state index in [1.165, 1.54) is 6.07 Å². The number of piperazine rings is 1. The maximum absolute atomic E-state index is 13.9. The van der Waals surface area contributed by atoms with Gasteiger partial charge in [0.15, 0.2) is 6.10 Å². The van der Waals surface area contributed by atoms with Crippen molar-refractivity contribution in [2.45, 2.75) is 12.5 Å². The van der Waals surface area contributed by atoms with Gasteiger partial charge in [0, 0.05) is 32.6 Å². The van der Waals surface area contributed by atoms with Crippen molar-refractivity contribution >= 4 is 11.6 Å². The molecule has 0 aliphatic carbocycles. The van der Waals surface area contributed by atoms with Gasteiger partial charge in [0.05, 0.1) is 5.69 Å². The fourth-order valence-electron chi connectivity index (χ4n) is 3.40. The first-order chi connectivity index (χ1) is 11.7. The van der Waals surface area contributed by atoms with Crippen LogP contribution in [0.3, 0.4) is 0 Å². The van der Waals surface area contributed by atoms with Crippen LogP contribution in [0, 0.1) is 5.82 Å². The summed E-state index contributed by atoms with van der Waals surface area (Å²) < 4.78 is 19.7. The van der Waals surface area contributed by atoms with Gasteiger partial charge in [-0.3, -0.25) is 4.79 Å². The average molecular weight is 326 g/mol. The number of hydrogen-bond donors (Lipinski definition) is 0. The van der Waals surface area contributed by atoms with Crippen molar-refractivity contribution in [1.29, 1.82) is 0 Å². The third kappa shape index (κ3) is 2.70. The summed E-state index contributed by atoms with van der Waals surface area (Å²) >= 11 is 0. The fraction of sp³-hybridized carbons (Fsp3) is 0.316. The van der Waals surface area contributed by atoms with Gasteiger partial charge in [-0.15, -0.1) is 0 Å². The van der Waals surface area contributed by atoms with Gasteiger partial charge < -0.3 is 14.5 Å². The molecular weight excluding hydrogens is 307 g/mol. The predicted molar refractivity (Wildman–Crippen MR) is 89.8 cm³/mol. The van der Waals surface area contributed by atoms with Crippen LogP contribution in [0.25, 0.3) is 0 Å². The minimum absolute atomic E-state index is 0.0272. The third-order valence-electron chi connectivity index (χ3n) is 4.71. The molecule has 2 aliphatic heterocycles. The maximum Gasteiger partial charge on any atom is 0.264 e. The number of amides is 1. The molecule has 24 heavy (non-hydrogen) atoms. The van der Waals surface area contributed by atoms with Crippen LogP contribution in [-0.2, 0) is 11.2 Å². The van der Waals surface area contributed by atoms with E-state index in [-0.39, 0.29) is 11.7 Å². The van der Waals surface area contributed by atoms with Crippen LogP contribution in [0.2, 0.25) is 0 Å². The van der Waals surface area contributed by atoms with Crippen molar-refractivity contribution in [3.8, 4) is 5.75 Å². The zero-order valence-electron chi connectivity index (χ0n) is 13.3. The predicted octanol–water partition coefficient (Wildman–Crippen LogP) is 2.48. The third-order valence-corrected chi connectivity index (χ3v) is 4.71. The van der Waals surface area contributed by atoms with Crippen molar-refractivity contribution in [2.75, 3.05) is 31.1 Å². The summed E-state index contributed by atoms with van der Waals surface area (Å²) in [6.07, 6.45) is 0.199. The standard InChI is InChI=1S/C19H19FN2O2/c20-15-6-2-3-7-16(15)21-9-11-22(12-10-21)19(23)18-13-14-5-1-4-8-17(14)24-18/h1-8,18H,9-13H2. The topological polar surface area (TPSA) is 32.8 Å². The van der Waals surface area contributed by atoms with E-state index < -0.39 is 6.10 Å². The number of halogens is 1. The highest BCUT2D eigenvalue weighted by atomic mass is 19.1. The Morgan fingerprint density at radius 3 is 2.46 bits per heavy atom. The van der Waals surface area contributed by atoms with Crippen molar-refractivity contribution in [2.24, 2.45) is 0 Å². The Morgan fingerprint density at radius 1 is 1.00 bits per heavy atom. The Morgan fingerprint density at radius 2 is 1.71 bits per heavy atom. The number of carbonyl (C=O) groups excluding carboxylic acids is 1. The van der Waals surface area contributed by atoms with E-state index in [1.807, 2.05) is 40.1 Å². The molecule has 1 saturated heterocycles. The summed E-state index contributed by atoms with van der Waals surface area (Å²) in [5, 5.41) is 0. The number of nitrogens with zero attached hydrogens (tertiary/aromatic N) is 2. The van der Waals surface area contributed by atoms with Crippen LogP contribution in [0.15, 0.2) is 48.5 Å². The van der Waals surface area contributed by atoms with Crippen LogP contribution in [-0.4, -0.2) is 43.1 Å². The van der Waals surface area contributed by atoms with Gasteiger partial charge in [0.25, 0.3) is 5.91 Å². The number of ether oxygens (including phenoxy) is 1. The van der Waals surface area contributed by atoms with Gasteiger partial charge in [-0.2, -0.15) is 0 Å². The Bertz CT molecular complexity index is 732. The second-order valence-corrected chi connectivity index (χ2v) is 6.18. The lowest BCUT2D eigenvalue weighted by atomic mass is 10.1. The molecule has 0 saturated carbocycles. The molecule has 0 aromatic heterocycles. The highest BCUT2D eigenvalue weighted by Gasteiger charge is 2.33. The zero-order chi connectivity index (χ0) is 16.5. The smallest absolute Gasteiger partial charge is 0.264 e. The molecule has 1 atom stereocenters. The minimum Gasteiger partial charge on any atom is -0.480 e. The summed E-state index contributed by atoms with van der Waals surface area (Å²) in [7, 11) is 0. The Balaban J connectivity index is 1.38. The molecule has 1 amide bonds. The first-order valence-corrected chi connectivity index (χ1v) is 8.25. The summed E-state index contributed by atoms with van der Waals surface area (Å²) in [6.45, 7) is 2.44. The minimum atomic E-state index is -0.428. The molecule has 4 nitrogen and oxygen atoms in total. The summed E-state index contributed by atoms with van der Waals surface area (Å²) in [5.41, 5.74) is 1.69. The summed E-state index contributed by atoms with van der Waals surface area (Å²) in [6, 6.07) is 14.5. The van der Waals surface area contributed by atoms with Crippen LogP contribution in [0.1, 0.15) is 5.56 Å². The van der Waals surface area contributed by atoms with Crippen molar-refractivity contribution in [3.05, 3.63) is 59.9 Å². The van der Waals surface area contributed by atoms with E-state index in [0.717, 1.165) is 11.3 Å². The van der Waals surface area contributed by atoms with Gasteiger partial charge in [-0.25, -0.2) is 4.39 Å². The first-order valence-electron chi connectivity index (χ1n) is 8.25. The second-order valence-electron chi connectivity index (χ2n) is 6.18. The largest absolute Gasteiger partial charge is 0.480 e. The molecule has 0 radical (unpaired) electrons. The van der Waals surface area contributed by atoms with Gasteiger partial charge >= 0.3 is 0 Å². The van der Waals surface area contributed by atoms with Gasteiger partial charge in [0.1, 0.15) is 11.6 Å². The van der Waals surface area contributed by atoms with E-state index in [0.29, 0.717) is 38.3 Å². The molecule has 0 spiro atoms. The Kier molecular flexibility index (Phi) is 3.84. The normalized spacial score (nSPS) is 19.8. The molecule has 5 heteroatoms. The van der Waals surface area contributed by atoms with Crippen molar-refractivity contribution in [3.63, 3.8) is 0 Å². The second kappa shape index (κ2) is 6.15. The van der Waals surface area contributed by atoms with E-state index >= 15 is 0 Å². The zero-order valence-corrected chi connectivity index (χ0v) is 13.3. The molecule has 124 valence electrons. The molecule has 2 heterocycles. The van der Waals surface area contributed by atoms with Crippen LogP contribution >= 0.6 is 0 Å². The molecule has 1 unspecified atom stereocenters. The molecule has 2 aromatic carbocycles. The van der Waals surface area contributed by atoms with Crippen LogP contribution in [0.4, 0.5) is 10.1 Å². The number of hydrogen-bond acceptors (Lipinski definition) is 3. The number of rotatable bonds is 2. The molecule has 0 bridgehead atoms. The SMILES string of the molecule is O=C(C1Cc2ccccc2O1)N1CCN(c2ccccc2F)CC1. The van der Waals surface area contributed by atoms with Gasteiger partial charge in [-0.05, 0) is 23.8 Å². The van der Waals surface area contributed by atoms with Crippen molar-refractivity contribution < 1.29 is 13.9 Å². The average Bonchev–Trinajstić information content (AvgIpc) is 3.06. The number of para-hydroxylation sites is 2. The van der Waals surface area contributed by atoms with Gasteiger partial charge in [-0.1, -0.05) is 30.3 Å². The lowest BCUT2D eigenvalue weighted by Gasteiger charge is -2.37. The van der Waals surface area contributed by atoms with Crippen LogP contribution < -0.4 is 9.64 Å². The number of benzene rings is 2. The van der Waals surface area contributed by atoms with Crippen LogP contribution in [0.5, 0.6) is 5.75 Å². The number of carbonyl (C=O) groups is 1. The van der Waals surface area contributed by atoms with E-state index in [4.69, 9.17) is 4.74 Å². The van der Waals surface area contributed by atoms with Gasteiger partial charge in [0.2, 0.25) is 0 Å². The Hall–Kier alpha value is -2.56. The van der Waals surface area contributed by atoms with Crippen molar-refractivity contribution in [1.82, 2.24) is 4.90 Å². The highest BCUT2D eigenvalue weighted by Crippen LogP contribution is 2.29. The number of fused-ring (bicyclic) bond motifs is 1. The monoisotopic (exact) mass is 326 g/mol. The van der Waals surface area contributed by atoms with E-state index in [1.54, 1.807) is 12.1 Å². The summed E-state index contributed by atoms with van der Waals surface area (Å²) in [4.78, 5) is 16.5. The molecule has 2 aromatic rings. The summed E-state index contributed by atoms with van der Waals surface area (Å²) in [5.74, 6) is 0.618. The molecule has 1 fully saturated rings. The lowest BCUT2D eigenvalue weighted by molar-refractivity contribution is -0.138. The molecule has 0 N–H and O–H groups in total. The molecule has 4 rings (SSSR count).